The number of hydrogen-bond donors (Lipinski definition) is 2. The largest absolute Gasteiger partial charge is 0.507 e. The Bertz CT molecular complexity index is 1040. The molecule has 0 unspecified atom stereocenters. The van der Waals surface area contributed by atoms with Crippen LogP contribution < -0.4 is 0 Å². The number of carbonyl (C=O) groups excluding carboxylic acids is 2. The minimum atomic E-state index is -0.635. The SMILES string of the molecule is CC(=O)C1(c2cc(C)cc(Cc3cc(C)cc(C4(C(C)=O)CCCCC4)c3O)c2O)CCCCC1. The van der Waals surface area contributed by atoms with Crippen molar-refractivity contribution in [3.63, 3.8) is 0 Å². The molecule has 0 bridgehead atoms. The maximum Gasteiger partial charge on any atom is 0.140 e. The summed E-state index contributed by atoms with van der Waals surface area (Å²) in [5, 5.41) is 22.9. The molecule has 4 heteroatoms. The summed E-state index contributed by atoms with van der Waals surface area (Å²) >= 11 is 0. The minimum Gasteiger partial charge on any atom is -0.507 e. The van der Waals surface area contributed by atoms with Crippen LogP contribution in [0.25, 0.3) is 0 Å². The quantitative estimate of drug-likeness (QED) is 0.476. The Hall–Kier alpha value is -2.62. The Morgan fingerprint density at radius 3 is 1.31 bits per heavy atom. The molecule has 2 fully saturated rings. The predicted octanol–water partition coefficient (Wildman–Crippen LogP) is 6.89. The lowest BCUT2D eigenvalue weighted by Crippen LogP contribution is -2.36. The molecule has 2 N–H and O–H groups in total. The number of rotatable bonds is 6. The van der Waals surface area contributed by atoms with Gasteiger partial charge in [0.15, 0.2) is 0 Å². The third-order valence-corrected chi connectivity index (χ3v) is 8.84. The van der Waals surface area contributed by atoms with Crippen molar-refractivity contribution in [2.45, 2.75) is 109 Å². The van der Waals surface area contributed by atoms with Crippen LogP contribution >= 0.6 is 0 Å². The fourth-order valence-electron chi connectivity index (χ4n) is 6.84. The van der Waals surface area contributed by atoms with Crippen LogP contribution in [0.4, 0.5) is 0 Å². The Labute approximate surface area is 209 Å². The smallest absolute Gasteiger partial charge is 0.140 e. The van der Waals surface area contributed by atoms with Crippen molar-refractivity contribution in [1.82, 2.24) is 0 Å². The van der Waals surface area contributed by atoms with Gasteiger partial charge in [-0.05, 0) is 64.5 Å². The highest BCUT2D eigenvalue weighted by atomic mass is 16.3. The number of carbonyl (C=O) groups is 2. The van der Waals surface area contributed by atoms with Gasteiger partial charge in [-0.2, -0.15) is 0 Å². The number of phenolic OH excluding ortho intramolecular Hbond substituents is 2. The fourth-order valence-corrected chi connectivity index (χ4v) is 6.84. The average molecular weight is 477 g/mol. The van der Waals surface area contributed by atoms with Crippen LogP contribution in [-0.2, 0) is 26.8 Å². The van der Waals surface area contributed by atoms with Gasteiger partial charge in [-0.15, -0.1) is 0 Å². The van der Waals surface area contributed by atoms with E-state index < -0.39 is 10.8 Å². The first-order valence-corrected chi connectivity index (χ1v) is 13.3. The molecule has 35 heavy (non-hydrogen) atoms. The van der Waals surface area contributed by atoms with E-state index in [9.17, 15) is 19.8 Å². The third-order valence-electron chi connectivity index (χ3n) is 8.84. The van der Waals surface area contributed by atoms with Gasteiger partial charge in [-0.25, -0.2) is 0 Å². The van der Waals surface area contributed by atoms with Crippen LogP contribution in [0, 0.1) is 13.8 Å². The molecule has 4 rings (SSSR count). The van der Waals surface area contributed by atoms with Crippen molar-refractivity contribution in [2.24, 2.45) is 0 Å². The van der Waals surface area contributed by atoms with Crippen molar-refractivity contribution in [1.29, 1.82) is 0 Å². The fraction of sp³-hybridized carbons (Fsp3) is 0.548. The Morgan fingerprint density at radius 1 is 0.657 bits per heavy atom. The highest BCUT2D eigenvalue weighted by molar-refractivity contribution is 5.90. The van der Waals surface area contributed by atoms with Crippen LogP contribution in [0.5, 0.6) is 11.5 Å². The normalized spacial score (nSPS) is 19.3. The van der Waals surface area contributed by atoms with E-state index in [2.05, 4.69) is 0 Å². The average Bonchev–Trinajstić information content (AvgIpc) is 2.83. The molecule has 0 radical (unpaired) electrons. The summed E-state index contributed by atoms with van der Waals surface area (Å²) < 4.78 is 0. The van der Waals surface area contributed by atoms with Crippen molar-refractivity contribution < 1.29 is 19.8 Å². The van der Waals surface area contributed by atoms with Crippen LogP contribution in [-0.4, -0.2) is 21.8 Å². The molecule has 0 spiro atoms. The number of phenols is 2. The van der Waals surface area contributed by atoms with Crippen molar-refractivity contribution in [2.75, 3.05) is 0 Å². The van der Waals surface area contributed by atoms with Gasteiger partial charge >= 0.3 is 0 Å². The first-order chi connectivity index (χ1) is 16.6. The molecule has 0 atom stereocenters. The van der Waals surface area contributed by atoms with Gasteiger partial charge in [0.1, 0.15) is 23.1 Å². The molecule has 2 aromatic carbocycles. The monoisotopic (exact) mass is 476 g/mol. The zero-order chi connectivity index (χ0) is 25.4. The predicted molar refractivity (Wildman–Crippen MR) is 139 cm³/mol. The molecule has 0 aliphatic heterocycles. The number of aromatic hydroxyl groups is 2. The molecule has 188 valence electrons. The van der Waals surface area contributed by atoms with E-state index in [0.29, 0.717) is 6.42 Å². The summed E-state index contributed by atoms with van der Waals surface area (Å²) in [6.07, 6.45) is 9.57. The second kappa shape index (κ2) is 9.79. The highest BCUT2D eigenvalue weighted by Gasteiger charge is 2.42. The van der Waals surface area contributed by atoms with Gasteiger partial charge < -0.3 is 10.2 Å². The van der Waals surface area contributed by atoms with E-state index in [1.165, 1.54) is 0 Å². The van der Waals surface area contributed by atoms with Crippen LogP contribution in [0.15, 0.2) is 24.3 Å². The summed E-state index contributed by atoms with van der Waals surface area (Å²) in [6.45, 7) is 7.29. The van der Waals surface area contributed by atoms with Crippen molar-refractivity contribution in [3.05, 3.63) is 57.6 Å². The molecule has 2 aliphatic carbocycles. The lowest BCUT2D eigenvalue weighted by molar-refractivity contribution is -0.124. The van der Waals surface area contributed by atoms with E-state index in [-0.39, 0.29) is 23.1 Å². The summed E-state index contributed by atoms with van der Waals surface area (Å²) in [7, 11) is 0. The molecule has 0 heterocycles. The first-order valence-electron chi connectivity index (χ1n) is 13.3. The molecular formula is C31H40O4. The molecule has 0 saturated heterocycles. The second-order valence-electron chi connectivity index (χ2n) is 11.2. The number of ketones is 2. The summed E-state index contributed by atoms with van der Waals surface area (Å²) in [5.41, 5.74) is 3.64. The van der Waals surface area contributed by atoms with Crippen molar-refractivity contribution >= 4 is 11.6 Å². The van der Waals surface area contributed by atoms with Crippen LogP contribution in [0.1, 0.15) is 111 Å². The first kappa shape index (κ1) is 25.5. The molecule has 4 nitrogen and oxygen atoms in total. The second-order valence-corrected chi connectivity index (χ2v) is 11.2. The van der Waals surface area contributed by atoms with Crippen LogP contribution in [0.2, 0.25) is 0 Å². The number of aryl methyl sites for hydroxylation is 2. The maximum atomic E-state index is 12.9. The van der Waals surface area contributed by atoms with Gasteiger partial charge in [-0.1, -0.05) is 73.9 Å². The highest BCUT2D eigenvalue weighted by Crippen LogP contribution is 2.48. The summed E-state index contributed by atoms with van der Waals surface area (Å²) in [4.78, 5) is 25.8. The topological polar surface area (TPSA) is 74.6 Å². The summed E-state index contributed by atoms with van der Waals surface area (Å²) in [5.74, 6) is 0.582. The standard InChI is InChI=1S/C31H40O4/c1-20-15-24(28(34)26(17-20)30(22(3)32)11-7-5-8-12-30)19-25-16-21(2)18-27(29(25)35)31(23(4)33)13-9-6-10-14-31/h15-18,34-35H,5-14,19H2,1-4H3. The van der Waals surface area contributed by atoms with E-state index in [1.54, 1.807) is 13.8 Å². The number of benzene rings is 2. The van der Waals surface area contributed by atoms with E-state index >= 15 is 0 Å². The molecule has 2 aromatic rings. The number of hydrogen-bond acceptors (Lipinski definition) is 4. The minimum absolute atomic E-state index is 0.116. The van der Waals surface area contributed by atoms with Gasteiger partial charge in [0.05, 0.1) is 10.8 Å². The Morgan fingerprint density at radius 2 is 1.00 bits per heavy atom. The number of Topliss-reactive ketones (excluding diaryl/α,β-unsaturated/α-hetero) is 2. The molecule has 0 aromatic heterocycles. The van der Waals surface area contributed by atoms with Crippen molar-refractivity contribution in [3.8, 4) is 11.5 Å². The van der Waals surface area contributed by atoms with E-state index in [4.69, 9.17) is 0 Å². The maximum absolute atomic E-state index is 12.9. The molecular weight excluding hydrogens is 436 g/mol. The van der Waals surface area contributed by atoms with Crippen LogP contribution in [0.3, 0.4) is 0 Å². The Kier molecular flexibility index (Phi) is 7.13. The lowest BCUT2D eigenvalue weighted by atomic mass is 9.65. The van der Waals surface area contributed by atoms with Gasteiger partial charge in [0, 0.05) is 17.5 Å². The zero-order valence-electron chi connectivity index (χ0n) is 21.8. The van der Waals surface area contributed by atoms with E-state index in [1.807, 2.05) is 38.1 Å². The Balaban J connectivity index is 1.81. The molecule has 2 aliphatic rings. The lowest BCUT2D eigenvalue weighted by Gasteiger charge is -2.37. The summed E-state index contributed by atoms with van der Waals surface area (Å²) in [6, 6.07) is 7.86. The van der Waals surface area contributed by atoms with Gasteiger partial charge in [-0.3, -0.25) is 9.59 Å². The van der Waals surface area contributed by atoms with Gasteiger partial charge in [0.2, 0.25) is 0 Å². The van der Waals surface area contributed by atoms with Gasteiger partial charge in [0.25, 0.3) is 0 Å². The third kappa shape index (κ3) is 4.52. The molecule has 0 amide bonds. The zero-order valence-corrected chi connectivity index (χ0v) is 21.8. The van der Waals surface area contributed by atoms with E-state index in [0.717, 1.165) is 97.6 Å². The molecule has 2 saturated carbocycles.